The van der Waals surface area contributed by atoms with Gasteiger partial charge in [-0.3, -0.25) is 9.79 Å². The molecule has 2 atom stereocenters. The van der Waals surface area contributed by atoms with Crippen LogP contribution < -0.4 is 11.1 Å². The van der Waals surface area contributed by atoms with Crippen LogP contribution >= 0.6 is 0 Å². The summed E-state index contributed by atoms with van der Waals surface area (Å²) >= 11 is 0. The zero-order valence-electron chi connectivity index (χ0n) is 20.3. The number of rotatable bonds is 8. The van der Waals surface area contributed by atoms with Gasteiger partial charge in [0.2, 0.25) is 0 Å². The number of carboxylic acids is 1. The van der Waals surface area contributed by atoms with Gasteiger partial charge >= 0.3 is 18.3 Å². The molecule has 2 unspecified atom stereocenters. The predicted molar refractivity (Wildman–Crippen MR) is 127 cm³/mol. The number of allylic oxidation sites excluding steroid dienone is 1. The Morgan fingerprint density at radius 1 is 1.13 bits per heavy atom. The Kier molecular flexibility index (Phi) is 8.58. The number of nitrogens with two attached hydrogens (primary N) is 1. The first-order valence-corrected chi connectivity index (χ1v) is 11.4. The van der Waals surface area contributed by atoms with Crippen molar-refractivity contribution in [2.75, 3.05) is 13.2 Å². The summed E-state index contributed by atoms with van der Waals surface area (Å²) in [6.07, 6.45) is -9.82. The summed E-state index contributed by atoms with van der Waals surface area (Å²) in [5.41, 5.74) is 1.98. The maximum absolute atomic E-state index is 13.7. The number of nitrogens with one attached hydrogen (secondary N) is 1. The van der Waals surface area contributed by atoms with E-state index >= 15 is 0 Å². The van der Waals surface area contributed by atoms with E-state index in [0.717, 1.165) is 23.1 Å². The summed E-state index contributed by atoms with van der Waals surface area (Å²) in [7, 11) is 0. The molecule has 2 aromatic carbocycles. The van der Waals surface area contributed by atoms with Crippen molar-refractivity contribution in [1.82, 2.24) is 10.2 Å². The first-order chi connectivity index (χ1) is 18.1. The van der Waals surface area contributed by atoms with Crippen LogP contribution in [-0.2, 0) is 17.5 Å². The van der Waals surface area contributed by atoms with Gasteiger partial charge in [0.1, 0.15) is 17.1 Å². The van der Waals surface area contributed by atoms with Crippen molar-refractivity contribution >= 4 is 17.7 Å². The topological polar surface area (TPSA) is 128 Å². The van der Waals surface area contributed by atoms with E-state index in [1.54, 1.807) is 0 Å². The van der Waals surface area contributed by atoms with E-state index in [1.807, 2.05) is 0 Å². The predicted octanol–water partition coefficient (Wildman–Crippen LogP) is 3.63. The van der Waals surface area contributed by atoms with Gasteiger partial charge in [0.15, 0.2) is 0 Å². The maximum Gasteiger partial charge on any atom is 0.431 e. The second kappa shape index (κ2) is 11.4. The number of aliphatic imine (C=N–C) groups is 1. The fourth-order valence-corrected chi connectivity index (χ4v) is 3.92. The van der Waals surface area contributed by atoms with Crippen LogP contribution in [0, 0.1) is 0 Å². The SMILES string of the molecule is CC(NC(=O)C(C1=NC(CO)CN1Cc1cccc(C(F)(F)F)c1)=C(N)C(F)(F)F)c1ccc(C(=O)O)cc1. The number of carboxylic acid groups (broad SMARTS) is 1. The number of aliphatic hydroxyl groups is 1. The van der Waals surface area contributed by atoms with E-state index in [-0.39, 0.29) is 24.2 Å². The minimum atomic E-state index is -5.17. The lowest BCUT2D eigenvalue weighted by molar-refractivity contribution is -0.137. The second-order valence-electron chi connectivity index (χ2n) is 8.78. The zero-order valence-corrected chi connectivity index (χ0v) is 20.3. The van der Waals surface area contributed by atoms with Crippen molar-refractivity contribution in [3.05, 3.63) is 82.1 Å². The molecule has 8 nitrogen and oxygen atoms in total. The lowest BCUT2D eigenvalue weighted by atomic mass is 10.0. The van der Waals surface area contributed by atoms with Crippen LogP contribution in [0.3, 0.4) is 0 Å². The fraction of sp³-hybridized carbons (Fsp3) is 0.320. The molecule has 1 amide bonds. The molecular weight excluding hydrogens is 534 g/mol. The maximum atomic E-state index is 13.7. The standard InChI is InChI=1S/C25H24F6N4O4/c1-13(15-5-7-16(8-6-15)23(38)39)33-22(37)19(20(32)25(29,30)31)21-34-18(12-36)11-35(21)10-14-3-2-4-17(9-14)24(26,27)28/h2-9,13,18,36H,10-12,32H2,1H3,(H,33,37)(H,38,39). The summed E-state index contributed by atoms with van der Waals surface area (Å²) < 4.78 is 80.7. The number of aromatic carboxylic acids is 1. The molecule has 0 saturated heterocycles. The van der Waals surface area contributed by atoms with Gasteiger partial charge in [0, 0.05) is 13.1 Å². The van der Waals surface area contributed by atoms with Crippen molar-refractivity contribution in [3.8, 4) is 0 Å². The molecule has 14 heteroatoms. The van der Waals surface area contributed by atoms with Gasteiger partial charge in [-0.25, -0.2) is 4.79 Å². The highest BCUT2D eigenvalue weighted by atomic mass is 19.4. The normalized spacial score (nSPS) is 17.4. The highest BCUT2D eigenvalue weighted by molar-refractivity contribution is 6.21. The van der Waals surface area contributed by atoms with E-state index in [4.69, 9.17) is 10.8 Å². The molecule has 0 aromatic heterocycles. The number of alkyl halides is 6. The third-order valence-electron chi connectivity index (χ3n) is 5.90. The Labute approximate surface area is 218 Å². The van der Waals surface area contributed by atoms with Gasteiger partial charge in [-0.15, -0.1) is 0 Å². The highest BCUT2D eigenvalue weighted by Crippen LogP contribution is 2.31. The molecule has 0 aliphatic carbocycles. The summed E-state index contributed by atoms with van der Waals surface area (Å²) in [5.74, 6) is -3.00. The van der Waals surface area contributed by atoms with Crippen molar-refractivity contribution < 1.29 is 46.1 Å². The molecule has 1 aliphatic heterocycles. The smallest absolute Gasteiger partial charge is 0.431 e. The Morgan fingerprint density at radius 3 is 2.31 bits per heavy atom. The van der Waals surface area contributed by atoms with Crippen molar-refractivity contribution in [2.24, 2.45) is 10.7 Å². The molecule has 0 fully saturated rings. The van der Waals surface area contributed by atoms with E-state index < -0.39 is 65.6 Å². The molecule has 0 spiro atoms. The molecule has 0 radical (unpaired) electrons. The van der Waals surface area contributed by atoms with Crippen LogP contribution in [0.5, 0.6) is 0 Å². The number of carbonyl (C=O) groups excluding carboxylic acids is 1. The average Bonchev–Trinajstić information content (AvgIpc) is 3.25. The van der Waals surface area contributed by atoms with E-state index in [0.29, 0.717) is 5.56 Å². The van der Waals surface area contributed by atoms with Crippen molar-refractivity contribution in [3.63, 3.8) is 0 Å². The Morgan fingerprint density at radius 2 is 1.77 bits per heavy atom. The number of carbonyl (C=O) groups is 2. The quantitative estimate of drug-likeness (QED) is 0.290. The number of halogens is 6. The summed E-state index contributed by atoms with van der Waals surface area (Å²) in [5, 5.41) is 21.0. The third-order valence-corrected chi connectivity index (χ3v) is 5.90. The van der Waals surface area contributed by atoms with Crippen LogP contribution in [-0.4, -0.2) is 58.2 Å². The van der Waals surface area contributed by atoms with Crippen LogP contribution in [0.15, 0.2) is 64.8 Å². The molecule has 2 aromatic rings. The Bertz CT molecular complexity index is 1290. The zero-order chi connectivity index (χ0) is 29.1. The lowest BCUT2D eigenvalue weighted by Crippen LogP contribution is -2.40. The average molecular weight is 558 g/mol. The number of hydrogen-bond donors (Lipinski definition) is 4. The number of aliphatic hydroxyl groups excluding tert-OH is 1. The lowest BCUT2D eigenvalue weighted by Gasteiger charge is -2.25. The molecule has 0 bridgehead atoms. The molecule has 5 N–H and O–H groups in total. The number of hydrogen-bond acceptors (Lipinski definition) is 6. The number of nitrogens with zero attached hydrogens (tertiary/aromatic N) is 2. The minimum Gasteiger partial charge on any atom is -0.478 e. The number of amides is 1. The Balaban J connectivity index is 1.97. The van der Waals surface area contributed by atoms with Crippen LogP contribution in [0.2, 0.25) is 0 Å². The van der Waals surface area contributed by atoms with Gasteiger partial charge in [-0.2, -0.15) is 26.3 Å². The van der Waals surface area contributed by atoms with Gasteiger partial charge in [-0.1, -0.05) is 24.3 Å². The summed E-state index contributed by atoms with van der Waals surface area (Å²) in [6.45, 7) is 0.307. The van der Waals surface area contributed by atoms with Crippen LogP contribution in [0.25, 0.3) is 0 Å². The molecule has 3 rings (SSSR count). The largest absolute Gasteiger partial charge is 0.478 e. The summed E-state index contributed by atoms with van der Waals surface area (Å²) in [4.78, 5) is 29.4. The first kappa shape index (κ1) is 29.5. The van der Waals surface area contributed by atoms with Crippen molar-refractivity contribution in [2.45, 2.75) is 37.9 Å². The first-order valence-electron chi connectivity index (χ1n) is 11.4. The van der Waals surface area contributed by atoms with Crippen LogP contribution in [0.4, 0.5) is 26.3 Å². The summed E-state index contributed by atoms with van der Waals surface area (Å²) in [6, 6.07) is 7.53. The molecule has 1 aliphatic rings. The second-order valence-corrected chi connectivity index (χ2v) is 8.78. The van der Waals surface area contributed by atoms with Gasteiger partial charge in [-0.05, 0) is 42.3 Å². The Hall–Kier alpha value is -4.07. The van der Waals surface area contributed by atoms with Crippen LogP contribution in [0.1, 0.15) is 40.0 Å². The highest BCUT2D eigenvalue weighted by Gasteiger charge is 2.41. The third kappa shape index (κ3) is 7.07. The van der Waals surface area contributed by atoms with E-state index in [2.05, 4.69) is 10.3 Å². The molecule has 210 valence electrons. The molecule has 1 heterocycles. The van der Waals surface area contributed by atoms with E-state index in [1.165, 1.54) is 37.3 Å². The minimum absolute atomic E-state index is 0.0419. The van der Waals surface area contributed by atoms with Gasteiger partial charge < -0.3 is 26.2 Å². The monoisotopic (exact) mass is 558 g/mol. The number of amidine groups is 1. The van der Waals surface area contributed by atoms with E-state index in [9.17, 15) is 41.0 Å². The van der Waals surface area contributed by atoms with Gasteiger partial charge in [0.25, 0.3) is 5.91 Å². The van der Waals surface area contributed by atoms with Crippen molar-refractivity contribution in [1.29, 1.82) is 0 Å². The number of benzene rings is 2. The van der Waals surface area contributed by atoms with Gasteiger partial charge in [0.05, 0.1) is 29.8 Å². The molecular formula is C25H24F6N4O4. The molecule has 39 heavy (non-hydrogen) atoms. The molecule has 0 saturated carbocycles. The fourth-order valence-electron chi connectivity index (χ4n) is 3.92.